The summed E-state index contributed by atoms with van der Waals surface area (Å²) in [7, 11) is 0. The van der Waals surface area contributed by atoms with Crippen LogP contribution in [0.1, 0.15) is 46.9 Å². The van der Waals surface area contributed by atoms with E-state index in [0.717, 1.165) is 12.8 Å². The number of hydrogen-bond donors (Lipinski definition) is 0. The van der Waals surface area contributed by atoms with Crippen LogP contribution in [0.4, 0.5) is 11.4 Å². The molecule has 4 unspecified atom stereocenters. The molecular weight excluding hydrogens is 687 g/mol. The largest absolute Gasteiger partial charge is 0.309 e. The van der Waals surface area contributed by atoms with Crippen molar-refractivity contribution in [1.82, 2.24) is 0 Å². The van der Waals surface area contributed by atoms with Crippen LogP contribution < -0.4 is 4.90 Å². The van der Waals surface area contributed by atoms with Crippen molar-refractivity contribution in [2.75, 3.05) is 4.90 Å². The van der Waals surface area contributed by atoms with Crippen LogP contribution in [0, 0.1) is 11.8 Å². The van der Waals surface area contributed by atoms with Gasteiger partial charge in [0.05, 0.1) is 11.4 Å². The van der Waals surface area contributed by atoms with Gasteiger partial charge < -0.3 is 4.90 Å². The number of fused-ring (bicyclic) bond motifs is 4. The van der Waals surface area contributed by atoms with E-state index in [1.54, 1.807) is 0 Å². The first-order valence-electron chi connectivity index (χ1n) is 20.4. The van der Waals surface area contributed by atoms with E-state index >= 15 is 0 Å². The molecule has 4 aliphatic rings. The summed E-state index contributed by atoms with van der Waals surface area (Å²) in [4.78, 5) is 2.58. The number of rotatable bonds is 8. The Morgan fingerprint density at radius 2 is 1.23 bits per heavy atom. The molecule has 0 heterocycles. The van der Waals surface area contributed by atoms with Crippen molar-refractivity contribution in [3.8, 4) is 11.1 Å². The molecule has 0 aliphatic heterocycles. The second kappa shape index (κ2) is 15.4. The summed E-state index contributed by atoms with van der Waals surface area (Å²) in [6.45, 7) is 0. The van der Waals surface area contributed by atoms with Gasteiger partial charge in [-0.2, -0.15) is 0 Å². The smallest absolute Gasteiger partial charge is 0.0540 e. The predicted octanol–water partition coefficient (Wildman–Crippen LogP) is 14.7. The van der Waals surface area contributed by atoms with Crippen LogP contribution in [-0.2, 0) is 0 Å². The highest BCUT2D eigenvalue weighted by atomic mass is 15.2. The van der Waals surface area contributed by atoms with E-state index in [-0.39, 0.29) is 17.8 Å². The Balaban J connectivity index is 1.18. The third-order valence-corrected chi connectivity index (χ3v) is 12.2. The van der Waals surface area contributed by atoms with Crippen molar-refractivity contribution in [2.24, 2.45) is 11.8 Å². The van der Waals surface area contributed by atoms with Crippen molar-refractivity contribution in [3.63, 3.8) is 0 Å². The van der Waals surface area contributed by atoms with Gasteiger partial charge in [-0.15, -0.1) is 0 Å². The minimum Gasteiger partial charge on any atom is -0.309 e. The van der Waals surface area contributed by atoms with Crippen LogP contribution in [0.25, 0.3) is 34.1 Å². The molecule has 0 bridgehead atoms. The summed E-state index contributed by atoms with van der Waals surface area (Å²) in [5.74, 6) is 1.12. The Kier molecular flexibility index (Phi) is 9.42. The number of nitrogens with zero attached hydrogens (tertiary/aromatic N) is 1. The molecule has 1 nitrogen and oxygen atoms in total. The van der Waals surface area contributed by atoms with E-state index < -0.39 is 0 Å². The molecule has 0 amide bonds. The van der Waals surface area contributed by atoms with E-state index in [1.807, 2.05) is 0 Å². The summed E-state index contributed by atoms with van der Waals surface area (Å²) in [5.41, 5.74) is 14.2. The predicted molar refractivity (Wildman–Crippen MR) is 242 cm³/mol. The fourth-order valence-corrected chi connectivity index (χ4v) is 9.46. The van der Waals surface area contributed by atoms with Gasteiger partial charge in [0.2, 0.25) is 0 Å². The molecule has 274 valence electrons. The molecule has 57 heavy (non-hydrogen) atoms. The zero-order chi connectivity index (χ0) is 38.0. The monoisotopic (exact) mass is 731 g/mol. The third kappa shape index (κ3) is 6.60. The highest BCUT2D eigenvalue weighted by Crippen LogP contribution is 2.49. The van der Waals surface area contributed by atoms with Gasteiger partial charge in [0.1, 0.15) is 0 Å². The first kappa shape index (κ1) is 34.8. The number of benzene rings is 6. The van der Waals surface area contributed by atoms with Crippen molar-refractivity contribution >= 4 is 34.3 Å². The molecule has 0 spiro atoms. The van der Waals surface area contributed by atoms with E-state index in [2.05, 4.69) is 229 Å². The average Bonchev–Trinajstić information content (AvgIpc) is 3.29. The van der Waals surface area contributed by atoms with Crippen LogP contribution in [0.3, 0.4) is 0 Å². The molecule has 0 aromatic heterocycles. The van der Waals surface area contributed by atoms with Gasteiger partial charge in [0.25, 0.3) is 0 Å². The zero-order valence-electron chi connectivity index (χ0n) is 32.0. The maximum absolute atomic E-state index is 2.58. The van der Waals surface area contributed by atoms with Crippen LogP contribution in [0.5, 0.6) is 0 Å². The topological polar surface area (TPSA) is 3.24 Å². The fraction of sp³-hybridized carbons (Fsp3) is 0.107. The Labute approximate surface area is 337 Å². The van der Waals surface area contributed by atoms with Gasteiger partial charge >= 0.3 is 0 Å². The number of anilines is 2. The molecule has 0 saturated carbocycles. The highest BCUT2D eigenvalue weighted by molar-refractivity contribution is 6.05. The molecule has 4 atom stereocenters. The number of allylic oxidation sites excluding steroid dienone is 13. The van der Waals surface area contributed by atoms with Gasteiger partial charge in [0.15, 0.2) is 0 Å². The lowest BCUT2D eigenvalue weighted by atomic mass is 9.70. The molecule has 10 rings (SSSR count). The molecule has 4 aliphatic carbocycles. The second-order valence-corrected chi connectivity index (χ2v) is 15.4. The van der Waals surface area contributed by atoms with Crippen molar-refractivity contribution in [3.05, 3.63) is 252 Å². The molecule has 0 fully saturated rings. The van der Waals surface area contributed by atoms with Gasteiger partial charge in [-0.25, -0.2) is 0 Å². The van der Waals surface area contributed by atoms with Crippen LogP contribution in [0.2, 0.25) is 0 Å². The van der Waals surface area contributed by atoms with Crippen LogP contribution in [-0.4, -0.2) is 0 Å². The zero-order valence-corrected chi connectivity index (χ0v) is 32.0. The van der Waals surface area contributed by atoms with Gasteiger partial charge in [-0.3, -0.25) is 0 Å². The van der Waals surface area contributed by atoms with Gasteiger partial charge in [-0.05, 0) is 81.0 Å². The Hall–Kier alpha value is -6.70. The summed E-state index contributed by atoms with van der Waals surface area (Å²) in [6, 6.07) is 53.3. The molecule has 0 N–H and O–H groups in total. The normalized spacial score (nSPS) is 20.8. The fourth-order valence-electron chi connectivity index (χ4n) is 9.46. The summed E-state index contributed by atoms with van der Waals surface area (Å²) >= 11 is 0. The molecule has 1 heteroatoms. The quantitative estimate of drug-likeness (QED) is 0.151. The Bertz CT molecular complexity index is 2700. The van der Waals surface area contributed by atoms with Crippen molar-refractivity contribution in [1.29, 1.82) is 0 Å². The molecule has 0 radical (unpaired) electrons. The van der Waals surface area contributed by atoms with Crippen LogP contribution in [0.15, 0.2) is 229 Å². The SMILES string of the molecule is C1=CC(/C=C/c2ccccc2N(C2=C(C3=Cc4ccccc4C4C=CC=CC34)CCC=C2)c2cccc3c(-c4ccccc4)cccc23)C(c2ccccc2)C=C1. The minimum atomic E-state index is 0.241. The summed E-state index contributed by atoms with van der Waals surface area (Å²) in [5, 5.41) is 2.48. The Morgan fingerprint density at radius 1 is 0.544 bits per heavy atom. The summed E-state index contributed by atoms with van der Waals surface area (Å²) < 4.78 is 0. The van der Waals surface area contributed by atoms with Crippen LogP contribution >= 0.6 is 0 Å². The maximum Gasteiger partial charge on any atom is 0.0540 e. The second-order valence-electron chi connectivity index (χ2n) is 15.4. The van der Waals surface area contributed by atoms with E-state index in [0.29, 0.717) is 5.92 Å². The molecular formula is C56H45N. The number of hydrogen-bond acceptors (Lipinski definition) is 1. The summed E-state index contributed by atoms with van der Waals surface area (Å²) in [6.07, 6.45) is 32.4. The number of para-hydroxylation sites is 1. The lowest BCUT2D eigenvalue weighted by Crippen LogP contribution is -2.24. The lowest BCUT2D eigenvalue weighted by Gasteiger charge is -2.37. The van der Waals surface area contributed by atoms with Crippen molar-refractivity contribution in [2.45, 2.75) is 24.7 Å². The third-order valence-electron chi connectivity index (χ3n) is 12.2. The van der Waals surface area contributed by atoms with Crippen molar-refractivity contribution < 1.29 is 0 Å². The van der Waals surface area contributed by atoms with E-state index in [1.165, 1.54) is 72.4 Å². The van der Waals surface area contributed by atoms with Gasteiger partial charge in [-0.1, -0.05) is 206 Å². The Morgan fingerprint density at radius 3 is 2.11 bits per heavy atom. The first-order chi connectivity index (χ1) is 28.3. The standard InChI is InChI=1S/C56H45N/c1-3-19-40(20-4-1)45-26-10-7-23-42(45)37-38-43-24-9-15-34-54(43)57(56-36-18-32-49-46(31-17-33-51(49)56)41-21-5-2-6-22-41)55-35-16-14-30-52(55)53-39-44-25-8-11-27-47(44)48-28-12-13-29-50(48)53/h1-13,15-29,31-39,42,45,48,50H,14,30H2/b38-37+. The molecule has 0 saturated heterocycles. The van der Waals surface area contributed by atoms with E-state index in [9.17, 15) is 0 Å². The average molecular weight is 732 g/mol. The highest BCUT2D eigenvalue weighted by Gasteiger charge is 2.34. The molecule has 6 aromatic rings. The first-order valence-corrected chi connectivity index (χ1v) is 20.4. The van der Waals surface area contributed by atoms with E-state index in [4.69, 9.17) is 0 Å². The van der Waals surface area contributed by atoms with Gasteiger partial charge in [0, 0.05) is 34.8 Å². The lowest BCUT2D eigenvalue weighted by molar-refractivity contribution is 0.651. The molecule has 6 aromatic carbocycles. The maximum atomic E-state index is 2.58. The minimum absolute atomic E-state index is 0.241.